The first kappa shape index (κ1) is 24.8. The third-order valence-corrected chi connectivity index (χ3v) is 7.69. The number of aromatic nitrogens is 1. The van der Waals surface area contributed by atoms with Crippen LogP contribution >= 0.6 is 12.4 Å². The Labute approximate surface area is 209 Å². The number of hydrogen-bond acceptors (Lipinski definition) is 2. The van der Waals surface area contributed by atoms with Crippen LogP contribution in [0, 0.1) is 18.8 Å². The normalized spacial score (nSPS) is 16.4. The smallest absolute Gasteiger partial charge is 0.224 e. The van der Waals surface area contributed by atoms with Crippen LogP contribution in [0.1, 0.15) is 56.6 Å². The van der Waals surface area contributed by atoms with Crippen molar-refractivity contribution < 1.29 is 4.79 Å². The summed E-state index contributed by atoms with van der Waals surface area (Å²) < 4.78 is 2.46. The quantitative estimate of drug-likeness (QED) is 0.376. The Morgan fingerprint density at radius 1 is 1.03 bits per heavy atom. The van der Waals surface area contributed by atoms with E-state index in [9.17, 15) is 4.79 Å². The summed E-state index contributed by atoms with van der Waals surface area (Å²) in [6, 6.07) is 13.2. The number of carbonyl (C=O) groups is 1. The van der Waals surface area contributed by atoms with Crippen LogP contribution in [0.25, 0.3) is 22.0 Å². The van der Waals surface area contributed by atoms with Crippen molar-refractivity contribution in [3.8, 4) is 11.1 Å². The molecule has 3 aromatic rings. The van der Waals surface area contributed by atoms with Gasteiger partial charge >= 0.3 is 0 Å². The molecule has 182 valence electrons. The minimum Gasteiger partial charge on any atom is -0.347 e. The second kappa shape index (κ2) is 11.0. The molecule has 4 nitrogen and oxygen atoms in total. The van der Waals surface area contributed by atoms with Gasteiger partial charge in [-0.2, -0.15) is 0 Å². The lowest BCUT2D eigenvalue weighted by atomic mass is 9.87. The largest absolute Gasteiger partial charge is 0.347 e. The third-order valence-electron chi connectivity index (χ3n) is 7.69. The van der Waals surface area contributed by atoms with Crippen LogP contribution in [0.3, 0.4) is 0 Å². The number of amides is 1. The van der Waals surface area contributed by atoms with Crippen molar-refractivity contribution in [2.45, 2.75) is 65.3 Å². The van der Waals surface area contributed by atoms with Crippen molar-refractivity contribution in [1.29, 1.82) is 0 Å². The molecule has 0 unspecified atom stereocenters. The van der Waals surface area contributed by atoms with E-state index in [-0.39, 0.29) is 18.3 Å². The second-order valence-corrected chi connectivity index (χ2v) is 10.1. The average Bonchev–Trinajstić information content (AvgIpc) is 3.59. The number of nitrogens with zero attached hydrogens (tertiary/aromatic N) is 1. The number of halogens is 1. The fourth-order valence-electron chi connectivity index (χ4n) is 5.44. The predicted molar refractivity (Wildman–Crippen MR) is 145 cm³/mol. The van der Waals surface area contributed by atoms with Gasteiger partial charge in [-0.3, -0.25) is 4.79 Å². The molecule has 1 saturated carbocycles. The summed E-state index contributed by atoms with van der Waals surface area (Å²) in [6.45, 7) is 7.54. The number of hydrogen-bond donors (Lipinski definition) is 2. The zero-order valence-corrected chi connectivity index (χ0v) is 21.3. The minimum absolute atomic E-state index is 0. The molecule has 2 N–H and O–H groups in total. The Balaban J connectivity index is 0.00000274. The highest BCUT2D eigenvalue weighted by atomic mass is 35.5. The molecular weight excluding hydrogens is 442 g/mol. The zero-order chi connectivity index (χ0) is 22.8. The highest BCUT2D eigenvalue weighted by Crippen LogP contribution is 2.39. The molecule has 0 atom stereocenters. The van der Waals surface area contributed by atoms with Gasteiger partial charge in [0.25, 0.3) is 0 Å². The van der Waals surface area contributed by atoms with Crippen LogP contribution < -0.4 is 10.6 Å². The predicted octanol–water partition coefficient (Wildman–Crippen LogP) is 6.73. The number of nitrogens with one attached hydrogen (secondary N) is 2. The van der Waals surface area contributed by atoms with Crippen LogP contribution in [0.15, 0.2) is 42.6 Å². The minimum atomic E-state index is 0. The van der Waals surface area contributed by atoms with E-state index in [1.54, 1.807) is 0 Å². The standard InChI is InChI=1S/C29H37N3O.ClH/c1-3-29(33)31-27-13-12-23(20(2)24(27)11-10-21-14-16-30-17-15-21)26-19-32(18-22-8-9-22)28-7-5-4-6-25(26)28;/h4-7,12-13,19,21-22,30H,3,8-11,14-18H2,1-2H3,(H,31,33);1H. The zero-order valence-electron chi connectivity index (χ0n) is 20.5. The number of benzene rings is 2. The lowest BCUT2D eigenvalue weighted by Crippen LogP contribution is -2.28. The molecule has 0 spiro atoms. The third kappa shape index (κ3) is 5.34. The van der Waals surface area contributed by atoms with E-state index >= 15 is 0 Å². The molecule has 2 fully saturated rings. The molecule has 1 aromatic heterocycles. The van der Waals surface area contributed by atoms with Crippen molar-refractivity contribution >= 4 is 34.9 Å². The molecule has 1 aliphatic heterocycles. The van der Waals surface area contributed by atoms with Gasteiger partial charge in [-0.05, 0) is 99.2 Å². The van der Waals surface area contributed by atoms with E-state index in [2.05, 4.69) is 64.7 Å². The van der Waals surface area contributed by atoms with Gasteiger partial charge in [0.05, 0.1) is 0 Å². The highest BCUT2D eigenvalue weighted by molar-refractivity contribution is 5.98. The number of rotatable bonds is 8. The van der Waals surface area contributed by atoms with Crippen LogP contribution in [0.2, 0.25) is 0 Å². The maximum Gasteiger partial charge on any atom is 0.224 e. The number of fused-ring (bicyclic) bond motifs is 1. The molecule has 1 amide bonds. The molecule has 2 aromatic carbocycles. The van der Waals surface area contributed by atoms with Crippen LogP contribution in [0.4, 0.5) is 5.69 Å². The Bertz CT molecular complexity index is 1140. The summed E-state index contributed by atoms with van der Waals surface area (Å²) in [4.78, 5) is 12.3. The topological polar surface area (TPSA) is 46.1 Å². The summed E-state index contributed by atoms with van der Waals surface area (Å²) in [7, 11) is 0. The molecule has 2 heterocycles. The number of piperidine rings is 1. The first-order valence-electron chi connectivity index (χ1n) is 12.8. The van der Waals surface area contributed by atoms with Crippen molar-refractivity contribution in [3.05, 3.63) is 53.7 Å². The number of carbonyl (C=O) groups excluding carboxylic acids is 1. The van der Waals surface area contributed by atoms with Gasteiger partial charge in [0, 0.05) is 41.3 Å². The van der Waals surface area contributed by atoms with E-state index in [0.717, 1.165) is 43.6 Å². The molecule has 1 aliphatic carbocycles. The van der Waals surface area contributed by atoms with Gasteiger partial charge < -0.3 is 15.2 Å². The summed E-state index contributed by atoms with van der Waals surface area (Å²) in [5.74, 6) is 1.69. The van der Waals surface area contributed by atoms with Crippen molar-refractivity contribution in [2.24, 2.45) is 11.8 Å². The first-order chi connectivity index (χ1) is 16.1. The van der Waals surface area contributed by atoms with Gasteiger partial charge in [0.2, 0.25) is 5.91 Å². The van der Waals surface area contributed by atoms with Crippen molar-refractivity contribution in [2.75, 3.05) is 18.4 Å². The fourth-order valence-corrected chi connectivity index (χ4v) is 5.44. The molecule has 2 aliphatic rings. The number of para-hydroxylation sites is 1. The Hall–Kier alpha value is -2.30. The van der Waals surface area contributed by atoms with Crippen LogP contribution in [-0.4, -0.2) is 23.6 Å². The second-order valence-electron chi connectivity index (χ2n) is 10.1. The summed E-state index contributed by atoms with van der Waals surface area (Å²) in [5, 5.41) is 8.00. The maximum absolute atomic E-state index is 12.3. The van der Waals surface area contributed by atoms with Crippen molar-refractivity contribution in [1.82, 2.24) is 9.88 Å². The lowest BCUT2D eigenvalue weighted by molar-refractivity contribution is -0.115. The lowest BCUT2D eigenvalue weighted by Gasteiger charge is -2.24. The molecular formula is C29H38ClN3O. The molecule has 0 radical (unpaired) electrons. The van der Waals surface area contributed by atoms with E-state index in [1.165, 1.54) is 65.3 Å². The van der Waals surface area contributed by atoms with E-state index in [1.807, 2.05) is 6.92 Å². The van der Waals surface area contributed by atoms with E-state index in [0.29, 0.717) is 6.42 Å². The van der Waals surface area contributed by atoms with Gasteiger partial charge in [-0.15, -0.1) is 12.4 Å². The van der Waals surface area contributed by atoms with Gasteiger partial charge in [-0.1, -0.05) is 31.2 Å². The monoisotopic (exact) mass is 479 g/mol. The molecule has 34 heavy (non-hydrogen) atoms. The van der Waals surface area contributed by atoms with E-state index in [4.69, 9.17) is 0 Å². The summed E-state index contributed by atoms with van der Waals surface area (Å²) in [5.41, 5.74) is 7.58. The first-order valence-corrected chi connectivity index (χ1v) is 12.8. The van der Waals surface area contributed by atoms with Gasteiger partial charge in [-0.25, -0.2) is 0 Å². The van der Waals surface area contributed by atoms with Crippen molar-refractivity contribution in [3.63, 3.8) is 0 Å². The molecule has 0 bridgehead atoms. The Morgan fingerprint density at radius 3 is 2.53 bits per heavy atom. The average molecular weight is 480 g/mol. The fraction of sp³-hybridized carbons (Fsp3) is 0.483. The van der Waals surface area contributed by atoms with Gasteiger partial charge in [0.15, 0.2) is 0 Å². The SMILES string of the molecule is CCC(=O)Nc1ccc(-c2cn(CC3CC3)c3ccccc23)c(C)c1CCC1CCNCC1.Cl. The van der Waals surface area contributed by atoms with E-state index < -0.39 is 0 Å². The maximum atomic E-state index is 12.3. The van der Waals surface area contributed by atoms with Crippen LogP contribution in [-0.2, 0) is 17.8 Å². The van der Waals surface area contributed by atoms with Gasteiger partial charge in [0.1, 0.15) is 0 Å². The Kier molecular flexibility index (Phi) is 8.00. The molecule has 5 rings (SSSR count). The highest BCUT2D eigenvalue weighted by Gasteiger charge is 2.24. The number of anilines is 1. The Morgan fingerprint density at radius 2 is 1.79 bits per heavy atom. The summed E-state index contributed by atoms with van der Waals surface area (Å²) in [6.07, 6.45) is 10.3. The molecule has 1 saturated heterocycles. The van der Waals surface area contributed by atoms with Crippen LogP contribution in [0.5, 0.6) is 0 Å². The summed E-state index contributed by atoms with van der Waals surface area (Å²) >= 11 is 0. The molecule has 5 heteroatoms.